The number of rotatable bonds is 3. The van der Waals surface area contributed by atoms with Gasteiger partial charge in [-0.3, -0.25) is 0 Å². The number of nitrogens with zero attached hydrogens (tertiary/aromatic N) is 4. The third-order valence-electron chi connectivity index (χ3n) is 6.39. The average molecular weight is 608 g/mol. The normalized spacial score (nSPS) is 19.4. The monoisotopic (exact) mass is 607 g/mol. The number of nitrogens with one attached hydrogen (secondary N) is 1. The molecule has 3 aromatic rings. The molecule has 2 aromatic heterocycles. The smallest absolute Gasteiger partial charge is 0.323 e. The summed E-state index contributed by atoms with van der Waals surface area (Å²) >= 11 is 6.85. The number of hydrogen-bond donors (Lipinski definition) is 1. The fourth-order valence-corrected chi connectivity index (χ4v) is 9.97. The molecule has 1 aromatic carbocycles. The van der Waals surface area contributed by atoms with Gasteiger partial charge in [-0.05, 0) is 42.8 Å². The summed E-state index contributed by atoms with van der Waals surface area (Å²) in [6.45, 7) is 1.27. The van der Waals surface area contributed by atoms with Crippen LogP contribution in [0.15, 0.2) is 33.5 Å². The van der Waals surface area contributed by atoms with Crippen LogP contribution < -0.4 is 5.32 Å². The lowest BCUT2D eigenvalue weighted by molar-refractivity contribution is -0.137. The minimum absolute atomic E-state index is 0.214. The molecule has 2 aliphatic heterocycles. The topological polar surface area (TPSA) is 113 Å². The second kappa shape index (κ2) is 9.41. The zero-order valence-corrected chi connectivity index (χ0v) is 23.2. The number of halogens is 4. The highest BCUT2D eigenvalue weighted by Gasteiger charge is 2.40. The Hall–Kier alpha value is -2.30. The number of alkyl halides is 3. The minimum atomic E-state index is -4.89. The highest BCUT2D eigenvalue weighted by Crippen LogP contribution is 2.44. The Bertz CT molecular complexity index is 1660. The van der Waals surface area contributed by atoms with E-state index in [4.69, 9.17) is 11.6 Å². The number of fused-ring (bicyclic) bond motifs is 2. The van der Waals surface area contributed by atoms with Gasteiger partial charge in [0, 0.05) is 32.9 Å². The molecular formula is C22H21ClF3N5O4S3. The van der Waals surface area contributed by atoms with Gasteiger partial charge in [0.15, 0.2) is 14.0 Å². The zero-order chi connectivity index (χ0) is 27.6. The summed E-state index contributed by atoms with van der Waals surface area (Å²) < 4.78 is 93.4. The number of aromatic nitrogens is 2. The van der Waals surface area contributed by atoms with E-state index >= 15 is 0 Å². The van der Waals surface area contributed by atoms with Gasteiger partial charge in [0.1, 0.15) is 5.56 Å². The van der Waals surface area contributed by atoms with Crippen LogP contribution in [0, 0.1) is 0 Å². The van der Waals surface area contributed by atoms with E-state index in [1.54, 1.807) is 12.1 Å². The Morgan fingerprint density at radius 2 is 1.82 bits per heavy atom. The van der Waals surface area contributed by atoms with Gasteiger partial charge in [-0.2, -0.15) is 17.5 Å². The van der Waals surface area contributed by atoms with E-state index in [2.05, 4.69) is 20.2 Å². The molecule has 204 valence electrons. The first-order chi connectivity index (χ1) is 17.7. The van der Waals surface area contributed by atoms with Crippen LogP contribution in [-0.4, -0.2) is 68.9 Å². The standard InChI is InChI=1S/C22H21ClF3N5O4S3/c1-30-4-3-12-8-16(15(23)7-13(12)11-30)28-21-27-10-14(22(24,25)26)19(29-21)17-9-18-20(36-17)38(34,35)31(2)5-6-37(18,32)33/h7-10H,3-6,11H2,1-2H3,(H,27,28,29). The Kier molecular flexibility index (Phi) is 6.76. The van der Waals surface area contributed by atoms with Crippen LogP contribution in [0.4, 0.5) is 24.8 Å². The predicted octanol–water partition coefficient (Wildman–Crippen LogP) is 4.02. The predicted molar refractivity (Wildman–Crippen MR) is 137 cm³/mol. The molecule has 0 bridgehead atoms. The van der Waals surface area contributed by atoms with Crippen LogP contribution >= 0.6 is 22.9 Å². The van der Waals surface area contributed by atoms with E-state index in [1.165, 1.54) is 7.05 Å². The van der Waals surface area contributed by atoms with E-state index in [1.807, 2.05) is 7.05 Å². The highest BCUT2D eigenvalue weighted by molar-refractivity contribution is 7.95. The third-order valence-corrected chi connectivity index (χ3v) is 12.2. The second-order valence-electron chi connectivity index (χ2n) is 9.08. The summed E-state index contributed by atoms with van der Waals surface area (Å²) in [5.41, 5.74) is 0.591. The van der Waals surface area contributed by atoms with Gasteiger partial charge in [-0.1, -0.05) is 11.6 Å². The Morgan fingerprint density at radius 3 is 2.53 bits per heavy atom. The van der Waals surface area contributed by atoms with Crippen molar-refractivity contribution in [3.63, 3.8) is 0 Å². The van der Waals surface area contributed by atoms with Crippen molar-refractivity contribution in [1.29, 1.82) is 0 Å². The molecular weight excluding hydrogens is 587 g/mol. The van der Waals surface area contributed by atoms with Gasteiger partial charge in [-0.15, -0.1) is 11.3 Å². The third kappa shape index (κ3) is 4.91. The SMILES string of the molecule is CN1CCc2cc(Nc3ncc(C(F)(F)F)c(-c4cc5c(s4)S(=O)(=O)N(C)CCS5(=O)=O)n3)c(Cl)cc2C1. The maximum Gasteiger partial charge on any atom is 0.420 e. The van der Waals surface area contributed by atoms with E-state index < -0.39 is 52.2 Å². The largest absolute Gasteiger partial charge is 0.420 e. The number of anilines is 2. The molecule has 0 fully saturated rings. The Balaban J connectivity index is 1.62. The van der Waals surface area contributed by atoms with Crippen LogP contribution in [0.5, 0.6) is 0 Å². The lowest BCUT2D eigenvalue weighted by Crippen LogP contribution is -2.28. The maximum atomic E-state index is 13.9. The van der Waals surface area contributed by atoms with E-state index in [0.29, 0.717) is 34.8 Å². The fourth-order valence-electron chi connectivity index (χ4n) is 4.27. The maximum absolute atomic E-state index is 13.9. The van der Waals surface area contributed by atoms with E-state index in [0.717, 1.165) is 34.5 Å². The van der Waals surface area contributed by atoms with Crippen molar-refractivity contribution in [3.8, 4) is 10.6 Å². The molecule has 0 unspecified atom stereocenters. The molecule has 0 amide bonds. The van der Waals surface area contributed by atoms with Gasteiger partial charge in [0.05, 0.1) is 31.9 Å². The number of benzene rings is 1. The number of likely N-dealkylation sites (N-methyl/N-ethyl adjacent to an activating group) is 1. The highest BCUT2D eigenvalue weighted by atomic mass is 35.5. The van der Waals surface area contributed by atoms with Crippen molar-refractivity contribution in [1.82, 2.24) is 19.2 Å². The summed E-state index contributed by atoms with van der Waals surface area (Å²) in [5.74, 6) is -0.712. The number of sulfonamides is 1. The van der Waals surface area contributed by atoms with Crippen LogP contribution in [0.25, 0.3) is 10.6 Å². The first kappa shape index (κ1) is 27.3. The van der Waals surface area contributed by atoms with Crippen molar-refractivity contribution in [3.05, 3.63) is 46.1 Å². The van der Waals surface area contributed by atoms with Crippen LogP contribution in [-0.2, 0) is 39.0 Å². The first-order valence-corrected chi connectivity index (χ1v) is 15.5. The second-order valence-corrected chi connectivity index (χ2v) is 14.9. The van der Waals surface area contributed by atoms with Crippen LogP contribution in [0.1, 0.15) is 16.7 Å². The molecule has 5 rings (SSSR count). The summed E-state index contributed by atoms with van der Waals surface area (Å²) in [6, 6.07) is 4.52. The van der Waals surface area contributed by atoms with Gasteiger partial charge in [-0.25, -0.2) is 26.8 Å². The van der Waals surface area contributed by atoms with Crippen molar-refractivity contribution in [2.75, 3.05) is 38.3 Å². The number of hydrogen-bond acceptors (Lipinski definition) is 9. The molecule has 0 radical (unpaired) electrons. The van der Waals surface area contributed by atoms with Crippen molar-refractivity contribution in [2.24, 2.45) is 0 Å². The molecule has 0 atom stereocenters. The average Bonchev–Trinajstić information content (AvgIpc) is 3.28. The molecule has 1 N–H and O–H groups in total. The molecule has 16 heteroatoms. The molecule has 0 saturated carbocycles. The molecule has 2 aliphatic rings. The van der Waals surface area contributed by atoms with Gasteiger partial charge >= 0.3 is 6.18 Å². The lowest BCUT2D eigenvalue weighted by Gasteiger charge is -2.26. The molecule has 38 heavy (non-hydrogen) atoms. The van der Waals surface area contributed by atoms with Gasteiger partial charge in [0.2, 0.25) is 5.95 Å². The lowest BCUT2D eigenvalue weighted by atomic mass is 9.99. The minimum Gasteiger partial charge on any atom is -0.323 e. The van der Waals surface area contributed by atoms with Crippen molar-refractivity contribution in [2.45, 2.75) is 28.2 Å². The molecule has 0 spiro atoms. The first-order valence-electron chi connectivity index (χ1n) is 11.2. The number of thiophene rings is 1. The summed E-state index contributed by atoms with van der Waals surface area (Å²) in [7, 11) is -5.09. The van der Waals surface area contributed by atoms with Crippen LogP contribution in [0.2, 0.25) is 5.02 Å². The molecule has 4 heterocycles. The summed E-state index contributed by atoms with van der Waals surface area (Å²) in [6.07, 6.45) is -3.56. The number of sulfone groups is 1. The van der Waals surface area contributed by atoms with E-state index in [9.17, 15) is 30.0 Å². The molecule has 0 aliphatic carbocycles. The Labute approximate surface area is 226 Å². The zero-order valence-electron chi connectivity index (χ0n) is 20.0. The van der Waals surface area contributed by atoms with Gasteiger partial charge in [0.25, 0.3) is 10.0 Å². The van der Waals surface area contributed by atoms with Crippen molar-refractivity contribution < 1.29 is 30.0 Å². The summed E-state index contributed by atoms with van der Waals surface area (Å²) in [4.78, 5) is 9.19. The van der Waals surface area contributed by atoms with Crippen molar-refractivity contribution >= 4 is 54.4 Å². The molecule has 0 saturated heterocycles. The quantitative estimate of drug-likeness (QED) is 0.475. The molecule has 9 nitrogen and oxygen atoms in total. The van der Waals surface area contributed by atoms with E-state index in [-0.39, 0.29) is 17.4 Å². The Morgan fingerprint density at radius 1 is 1.08 bits per heavy atom. The van der Waals surface area contributed by atoms with Crippen LogP contribution in [0.3, 0.4) is 0 Å². The fraction of sp³-hybridized carbons (Fsp3) is 0.364. The summed E-state index contributed by atoms with van der Waals surface area (Å²) in [5, 5.41) is 3.18. The van der Waals surface area contributed by atoms with Gasteiger partial charge < -0.3 is 10.2 Å².